The number of aromatic amines is 1. The Labute approximate surface area is 201 Å². The smallest absolute Gasteiger partial charge is 0.419 e. The number of ether oxygens (including phenoxy) is 1. The molecule has 0 bridgehead atoms. The molecule has 34 heavy (non-hydrogen) atoms. The van der Waals surface area contributed by atoms with Gasteiger partial charge in [-0.3, -0.25) is 5.32 Å². The lowest BCUT2D eigenvalue weighted by molar-refractivity contribution is -0.137. The van der Waals surface area contributed by atoms with Gasteiger partial charge in [-0.05, 0) is 47.7 Å². The molecule has 2 aliphatic rings. The molecule has 180 valence electrons. The van der Waals surface area contributed by atoms with Gasteiger partial charge in [0.25, 0.3) is 0 Å². The summed E-state index contributed by atoms with van der Waals surface area (Å²) in [5.41, 5.74) is 0.314. The van der Waals surface area contributed by atoms with Gasteiger partial charge < -0.3 is 20.4 Å². The third-order valence-electron chi connectivity index (χ3n) is 6.45. The van der Waals surface area contributed by atoms with Crippen molar-refractivity contribution in [1.82, 2.24) is 20.3 Å². The number of amides is 1. The fraction of sp³-hybridized carbons (Fsp3) is 0.409. The molecule has 3 aromatic rings. The van der Waals surface area contributed by atoms with Crippen molar-refractivity contribution < 1.29 is 22.7 Å². The number of benzene rings is 1. The van der Waals surface area contributed by atoms with Crippen molar-refractivity contribution in [3.63, 3.8) is 0 Å². The minimum Gasteiger partial charge on any atom is -0.453 e. The Kier molecular flexibility index (Phi) is 5.67. The van der Waals surface area contributed by atoms with Gasteiger partial charge in [0.05, 0.1) is 28.5 Å². The number of carbonyl (C=O) groups is 1. The summed E-state index contributed by atoms with van der Waals surface area (Å²) in [6.45, 7) is 0.718. The maximum atomic E-state index is 13.9. The molecule has 2 fully saturated rings. The van der Waals surface area contributed by atoms with Crippen molar-refractivity contribution in [2.75, 3.05) is 24.3 Å². The topological polar surface area (TPSA) is 104 Å². The van der Waals surface area contributed by atoms with Gasteiger partial charge in [-0.25, -0.2) is 14.8 Å². The fourth-order valence-corrected chi connectivity index (χ4v) is 4.90. The van der Waals surface area contributed by atoms with Crippen LogP contribution in [0.2, 0.25) is 0 Å². The standard InChI is InChI=1S/C22H22BrF3N6O2/c1-34-20(33)31-15-3-2-12-13(9-27-18(12)16(15)23)17-14(22(24,25)26)10-28-19(32-17)30-11-4-5-21(6-7-21)29-8-11/h2-3,9-11,27,29H,4-8H2,1H3,(H,31,33)(H,28,30,32). The first kappa shape index (κ1) is 22.9. The van der Waals surface area contributed by atoms with Gasteiger partial charge in [0.2, 0.25) is 5.95 Å². The number of rotatable bonds is 4. The van der Waals surface area contributed by atoms with Crippen LogP contribution in [0.1, 0.15) is 31.2 Å². The van der Waals surface area contributed by atoms with Crippen molar-refractivity contribution in [1.29, 1.82) is 0 Å². The predicted molar refractivity (Wildman–Crippen MR) is 125 cm³/mol. The van der Waals surface area contributed by atoms with Gasteiger partial charge in [0.15, 0.2) is 0 Å². The molecule has 12 heteroatoms. The molecule has 1 aliphatic carbocycles. The van der Waals surface area contributed by atoms with Crippen LogP contribution in [0.3, 0.4) is 0 Å². The second kappa shape index (κ2) is 8.42. The Morgan fingerprint density at radius 1 is 1.29 bits per heavy atom. The SMILES string of the molecule is COC(=O)Nc1ccc2c(-c3nc(NC4CCC5(CC5)NC4)ncc3C(F)(F)F)c[nH]c2c1Br. The van der Waals surface area contributed by atoms with Gasteiger partial charge in [-0.2, -0.15) is 13.2 Å². The molecule has 1 saturated carbocycles. The van der Waals surface area contributed by atoms with Gasteiger partial charge in [0.1, 0.15) is 5.56 Å². The molecule has 2 aromatic heterocycles. The number of fused-ring (bicyclic) bond motifs is 1. The Morgan fingerprint density at radius 3 is 2.74 bits per heavy atom. The van der Waals surface area contributed by atoms with Gasteiger partial charge in [-0.15, -0.1) is 0 Å². The maximum absolute atomic E-state index is 13.9. The third-order valence-corrected chi connectivity index (χ3v) is 7.27. The first-order valence-electron chi connectivity index (χ1n) is 10.8. The van der Waals surface area contributed by atoms with Crippen LogP contribution in [-0.2, 0) is 10.9 Å². The summed E-state index contributed by atoms with van der Waals surface area (Å²) in [5.74, 6) is 0.152. The largest absolute Gasteiger partial charge is 0.453 e. The molecular weight excluding hydrogens is 517 g/mol. The van der Waals surface area contributed by atoms with E-state index in [0.717, 1.165) is 25.6 Å². The Morgan fingerprint density at radius 2 is 2.09 bits per heavy atom. The summed E-state index contributed by atoms with van der Waals surface area (Å²) in [6.07, 6.45) is 1.27. The maximum Gasteiger partial charge on any atom is 0.419 e. The Bertz CT molecular complexity index is 1250. The van der Waals surface area contributed by atoms with E-state index in [0.29, 0.717) is 21.1 Å². The monoisotopic (exact) mass is 538 g/mol. The van der Waals surface area contributed by atoms with E-state index < -0.39 is 17.8 Å². The zero-order chi connectivity index (χ0) is 24.1. The zero-order valence-electron chi connectivity index (χ0n) is 18.1. The molecule has 8 nitrogen and oxygen atoms in total. The number of methoxy groups -OCH3 is 1. The zero-order valence-corrected chi connectivity index (χ0v) is 19.7. The van der Waals surface area contributed by atoms with Crippen LogP contribution in [0.15, 0.2) is 29.0 Å². The van der Waals surface area contributed by atoms with Gasteiger partial charge in [-0.1, -0.05) is 6.07 Å². The number of anilines is 2. The molecule has 1 unspecified atom stereocenters. The highest BCUT2D eigenvalue weighted by atomic mass is 79.9. The number of hydrogen-bond donors (Lipinski definition) is 4. The molecule has 1 aromatic carbocycles. The number of carbonyl (C=O) groups excluding carboxylic acids is 1. The molecule has 3 heterocycles. The fourth-order valence-electron chi connectivity index (χ4n) is 4.35. The van der Waals surface area contributed by atoms with E-state index in [1.165, 1.54) is 26.1 Å². The Balaban J connectivity index is 1.50. The number of piperidine rings is 1. The van der Waals surface area contributed by atoms with E-state index in [-0.39, 0.29) is 28.8 Å². The first-order valence-corrected chi connectivity index (χ1v) is 11.6. The van der Waals surface area contributed by atoms with E-state index in [1.54, 1.807) is 12.1 Å². The number of nitrogens with one attached hydrogen (secondary N) is 4. The van der Waals surface area contributed by atoms with Crippen molar-refractivity contribution in [3.05, 3.63) is 34.6 Å². The highest BCUT2D eigenvalue weighted by Gasteiger charge is 2.45. The van der Waals surface area contributed by atoms with E-state index in [4.69, 9.17) is 0 Å². The summed E-state index contributed by atoms with van der Waals surface area (Å²) < 4.78 is 46.7. The van der Waals surface area contributed by atoms with E-state index in [9.17, 15) is 18.0 Å². The molecule has 1 amide bonds. The van der Waals surface area contributed by atoms with Crippen LogP contribution < -0.4 is 16.0 Å². The molecule has 1 saturated heterocycles. The molecule has 4 N–H and O–H groups in total. The average molecular weight is 539 g/mol. The van der Waals surface area contributed by atoms with Crippen molar-refractivity contribution in [2.45, 2.75) is 43.4 Å². The van der Waals surface area contributed by atoms with Crippen molar-refractivity contribution in [3.8, 4) is 11.3 Å². The number of aromatic nitrogens is 3. The van der Waals surface area contributed by atoms with E-state index >= 15 is 0 Å². The van der Waals surface area contributed by atoms with Crippen LogP contribution >= 0.6 is 15.9 Å². The number of nitrogens with zero attached hydrogens (tertiary/aromatic N) is 2. The average Bonchev–Trinajstić information content (AvgIpc) is 3.42. The summed E-state index contributed by atoms with van der Waals surface area (Å²) >= 11 is 3.40. The second-order valence-electron chi connectivity index (χ2n) is 8.66. The number of alkyl halides is 3. The van der Waals surface area contributed by atoms with Gasteiger partial charge >= 0.3 is 12.3 Å². The summed E-state index contributed by atoms with van der Waals surface area (Å²) in [6, 6.07) is 3.24. The minimum absolute atomic E-state index is 0.0416. The lowest BCUT2D eigenvalue weighted by Gasteiger charge is -2.30. The highest BCUT2D eigenvalue weighted by molar-refractivity contribution is 9.10. The molecular formula is C22H22BrF3N6O2. The van der Waals surface area contributed by atoms with Gasteiger partial charge in [0, 0.05) is 41.5 Å². The third kappa shape index (κ3) is 4.31. The van der Waals surface area contributed by atoms with Crippen molar-refractivity contribution >= 4 is 44.6 Å². The molecule has 0 radical (unpaired) electrons. The number of hydrogen-bond acceptors (Lipinski definition) is 6. The lowest BCUT2D eigenvalue weighted by Crippen LogP contribution is -2.46. The summed E-state index contributed by atoms with van der Waals surface area (Å²) in [5, 5.41) is 9.77. The highest BCUT2D eigenvalue weighted by Crippen LogP contribution is 2.43. The normalized spacial score (nSPS) is 19.3. The summed E-state index contributed by atoms with van der Waals surface area (Å²) in [7, 11) is 1.24. The minimum atomic E-state index is -4.63. The van der Waals surface area contributed by atoms with Crippen molar-refractivity contribution in [2.24, 2.45) is 0 Å². The van der Waals surface area contributed by atoms with Crippen LogP contribution in [0.5, 0.6) is 0 Å². The van der Waals surface area contributed by atoms with Crippen LogP contribution in [-0.4, -0.2) is 46.3 Å². The van der Waals surface area contributed by atoms with Crippen LogP contribution in [0.25, 0.3) is 22.2 Å². The molecule has 1 spiro atoms. The summed E-state index contributed by atoms with van der Waals surface area (Å²) in [4.78, 5) is 22.8. The van der Waals surface area contributed by atoms with Crippen LogP contribution in [0, 0.1) is 0 Å². The Hall–Kier alpha value is -2.86. The van der Waals surface area contributed by atoms with E-state index in [1.807, 2.05) is 0 Å². The quantitative estimate of drug-likeness (QED) is 0.360. The van der Waals surface area contributed by atoms with E-state index in [2.05, 4.69) is 51.6 Å². The number of H-pyrrole nitrogens is 1. The van der Waals surface area contributed by atoms with Crippen LogP contribution in [0.4, 0.5) is 29.6 Å². The molecule has 1 aliphatic heterocycles. The molecule has 1 atom stereocenters. The first-order chi connectivity index (χ1) is 16.2. The lowest BCUT2D eigenvalue weighted by atomic mass is 9.99. The number of halogens is 4. The second-order valence-corrected chi connectivity index (χ2v) is 9.46. The predicted octanol–water partition coefficient (Wildman–Crippen LogP) is 5.28. The molecule has 5 rings (SSSR count).